The minimum absolute atomic E-state index is 0.0472. The predicted octanol–water partition coefficient (Wildman–Crippen LogP) is -0.338. The van der Waals surface area contributed by atoms with Gasteiger partial charge in [-0.2, -0.15) is 0 Å². The van der Waals surface area contributed by atoms with Crippen LogP contribution in [0.4, 0.5) is 0 Å². The highest BCUT2D eigenvalue weighted by Gasteiger charge is 2.22. The van der Waals surface area contributed by atoms with Gasteiger partial charge in [0, 0.05) is 25.7 Å². The maximum atomic E-state index is 12.2. The molecule has 0 fully saturated rings. The Labute approximate surface area is 117 Å². The quantitative estimate of drug-likeness (QED) is 0.707. The zero-order chi connectivity index (χ0) is 15.3. The first kappa shape index (κ1) is 16.1. The van der Waals surface area contributed by atoms with Gasteiger partial charge in [-0.25, -0.2) is 4.68 Å². The first-order valence-corrected chi connectivity index (χ1v) is 6.58. The highest BCUT2D eigenvalue weighted by molar-refractivity contribution is 5.79. The Balaban J connectivity index is 2.76. The van der Waals surface area contributed by atoms with E-state index in [0.717, 1.165) is 0 Å². The Kier molecular flexibility index (Phi) is 5.63. The summed E-state index contributed by atoms with van der Waals surface area (Å²) in [5.74, 6) is -1.14. The summed E-state index contributed by atoms with van der Waals surface area (Å²) in [5, 5.41) is 16.5. The molecule has 0 radical (unpaired) electrons. The van der Waals surface area contributed by atoms with Crippen LogP contribution in [-0.4, -0.2) is 56.0 Å². The number of nitrogens with zero attached hydrogens (tertiary/aromatic N) is 4. The number of likely N-dealkylation sites (N-methyl/N-ethyl adjacent to an activating group) is 1. The molecule has 2 unspecified atom stereocenters. The van der Waals surface area contributed by atoms with Gasteiger partial charge in [0.05, 0.1) is 5.69 Å². The van der Waals surface area contributed by atoms with E-state index in [1.807, 2.05) is 13.8 Å². The van der Waals surface area contributed by atoms with Gasteiger partial charge in [0.2, 0.25) is 5.91 Å². The van der Waals surface area contributed by atoms with Crippen molar-refractivity contribution in [3.05, 3.63) is 11.9 Å². The molecule has 0 saturated carbocycles. The molecule has 1 heterocycles. The molecule has 0 aromatic carbocycles. The zero-order valence-corrected chi connectivity index (χ0v) is 12.0. The first-order chi connectivity index (χ1) is 9.40. The van der Waals surface area contributed by atoms with Crippen molar-refractivity contribution < 1.29 is 14.7 Å². The van der Waals surface area contributed by atoms with E-state index in [2.05, 4.69) is 10.3 Å². The van der Waals surface area contributed by atoms with Crippen molar-refractivity contribution in [2.24, 2.45) is 5.73 Å². The number of nitrogens with two attached hydrogens (primary N) is 1. The molecule has 0 saturated heterocycles. The van der Waals surface area contributed by atoms with Crippen LogP contribution in [-0.2, 0) is 16.0 Å². The van der Waals surface area contributed by atoms with Crippen LogP contribution >= 0.6 is 0 Å². The SMILES string of the molecule is CCN(CC)C(=O)C(C)n1cc(CC(N)C(=O)O)nn1. The number of hydrogen-bond donors (Lipinski definition) is 2. The average Bonchev–Trinajstić information content (AvgIpc) is 2.87. The second-order valence-corrected chi connectivity index (χ2v) is 4.53. The molecule has 0 spiro atoms. The molecule has 0 aliphatic heterocycles. The van der Waals surface area contributed by atoms with Gasteiger partial charge < -0.3 is 15.7 Å². The summed E-state index contributed by atoms with van der Waals surface area (Å²) >= 11 is 0. The standard InChI is InChI=1S/C12H21N5O3/c1-4-16(5-2)11(18)8(3)17-7-9(14-15-17)6-10(13)12(19)20/h7-8,10H,4-6,13H2,1-3H3,(H,19,20). The molecule has 0 aliphatic rings. The van der Waals surface area contributed by atoms with Gasteiger partial charge in [0.15, 0.2) is 0 Å². The molecule has 2 atom stereocenters. The Hall–Kier alpha value is -1.96. The molecule has 0 bridgehead atoms. The van der Waals surface area contributed by atoms with E-state index < -0.39 is 18.1 Å². The lowest BCUT2D eigenvalue weighted by atomic mass is 10.2. The minimum Gasteiger partial charge on any atom is -0.480 e. The van der Waals surface area contributed by atoms with Gasteiger partial charge >= 0.3 is 5.97 Å². The molecule has 112 valence electrons. The molecule has 8 nitrogen and oxygen atoms in total. The van der Waals surface area contributed by atoms with Crippen LogP contribution in [0.3, 0.4) is 0 Å². The van der Waals surface area contributed by atoms with E-state index in [1.165, 1.54) is 4.68 Å². The third kappa shape index (κ3) is 3.77. The van der Waals surface area contributed by atoms with E-state index in [0.29, 0.717) is 18.8 Å². The highest BCUT2D eigenvalue weighted by atomic mass is 16.4. The van der Waals surface area contributed by atoms with Gasteiger partial charge in [0.1, 0.15) is 12.1 Å². The maximum Gasteiger partial charge on any atom is 0.320 e. The summed E-state index contributed by atoms with van der Waals surface area (Å²) in [7, 11) is 0. The van der Waals surface area contributed by atoms with Gasteiger partial charge in [-0.3, -0.25) is 9.59 Å². The van der Waals surface area contributed by atoms with Crippen LogP contribution < -0.4 is 5.73 Å². The van der Waals surface area contributed by atoms with Gasteiger partial charge in [-0.15, -0.1) is 5.10 Å². The molecule has 0 aliphatic carbocycles. The Morgan fingerprint density at radius 1 is 1.45 bits per heavy atom. The van der Waals surface area contributed by atoms with Gasteiger partial charge in [-0.05, 0) is 20.8 Å². The van der Waals surface area contributed by atoms with Crippen molar-refractivity contribution in [1.82, 2.24) is 19.9 Å². The third-order valence-corrected chi connectivity index (χ3v) is 3.13. The lowest BCUT2D eigenvalue weighted by Gasteiger charge is -2.22. The fourth-order valence-electron chi connectivity index (χ4n) is 1.82. The Bertz CT molecular complexity index is 469. The number of hydrogen-bond acceptors (Lipinski definition) is 5. The third-order valence-electron chi connectivity index (χ3n) is 3.13. The highest BCUT2D eigenvalue weighted by Crippen LogP contribution is 2.10. The average molecular weight is 283 g/mol. The molecule has 20 heavy (non-hydrogen) atoms. The number of carbonyl (C=O) groups is 2. The summed E-state index contributed by atoms with van der Waals surface area (Å²) in [5.41, 5.74) is 5.89. The van der Waals surface area contributed by atoms with E-state index in [1.54, 1.807) is 18.0 Å². The fourth-order valence-corrected chi connectivity index (χ4v) is 1.82. The zero-order valence-electron chi connectivity index (χ0n) is 12.0. The monoisotopic (exact) mass is 283 g/mol. The molecule has 1 aromatic heterocycles. The lowest BCUT2D eigenvalue weighted by molar-refractivity contribution is -0.138. The van der Waals surface area contributed by atoms with Crippen LogP contribution in [0.15, 0.2) is 6.20 Å². The second-order valence-electron chi connectivity index (χ2n) is 4.53. The number of aromatic nitrogens is 3. The van der Waals surface area contributed by atoms with Crippen molar-refractivity contribution in [3.63, 3.8) is 0 Å². The van der Waals surface area contributed by atoms with E-state index >= 15 is 0 Å². The maximum absolute atomic E-state index is 12.2. The number of carboxylic acids is 1. The summed E-state index contributed by atoms with van der Waals surface area (Å²) in [6.07, 6.45) is 1.65. The fraction of sp³-hybridized carbons (Fsp3) is 0.667. The minimum atomic E-state index is -1.09. The molecule has 1 aromatic rings. The normalized spacial score (nSPS) is 13.8. The van der Waals surface area contributed by atoms with Crippen LogP contribution in [0, 0.1) is 0 Å². The summed E-state index contributed by atoms with van der Waals surface area (Å²) < 4.78 is 1.44. The van der Waals surface area contributed by atoms with Crippen molar-refractivity contribution in [2.45, 2.75) is 39.3 Å². The van der Waals surface area contributed by atoms with E-state index in [4.69, 9.17) is 10.8 Å². The smallest absolute Gasteiger partial charge is 0.320 e. The van der Waals surface area contributed by atoms with E-state index in [9.17, 15) is 9.59 Å². The van der Waals surface area contributed by atoms with Gasteiger partial charge in [-0.1, -0.05) is 5.21 Å². The number of rotatable bonds is 7. The first-order valence-electron chi connectivity index (χ1n) is 6.58. The van der Waals surface area contributed by atoms with Crippen LogP contribution in [0.1, 0.15) is 32.5 Å². The van der Waals surface area contributed by atoms with Crippen LogP contribution in [0.25, 0.3) is 0 Å². The summed E-state index contributed by atoms with van der Waals surface area (Å²) in [6.45, 7) is 6.81. The molecule has 8 heteroatoms. The van der Waals surface area contributed by atoms with Crippen LogP contribution in [0.5, 0.6) is 0 Å². The molecule has 3 N–H and O–H groups in total. The number of amides is 1. The lowest BCUT2D eigenvalue weighted by Crippen LogP contribution is -2.36. The molecular weight excluding hydrogens is 262 g/mol. The second kappa shape index (κ2) is 6.99. The van der Waals surface area contributed by atoms with Gasteiger partial charge in [0.25, 0.3) is 0 Å². The van der Waals surface area contributed by atoms with Crippen molar-refractivity contribution in [1.29, 1.82) is 0 Å². The topological polar surface area (TPSA) is 114 Å². The summed E-state index contributed by atoms with van der Waals surface area (Å²) in [6, 6.07) is -1.49. The predicted molar refractivity (Wildman–Crippen MR) is 72.0 cm³/mol. The molecule has 1 amide bonds. The molecular formula is C12H21N5O3. The molecule has 1 rings (SSSR count). The Morgan fingerprint density at radius 2 is 2.05 bits per heavy atom. The number of carboxylic acid groups (broad SMARTS) is 1. The van der Waals surface area contributed by atoms with Crippen molar-refractivity contribution >= 4 is 11.9 Å². The van der Waals surface area contributed by atoms with E-state index in [-0.39, 0.29) is 12.3 Å². The van der Waals surface area contributed by atoms with Crippen molar-refractivity contribution in [2.75, 3.05) is 13.1 Å². The number of aliphatic carboxylic acids is 1. The summed E-state index contributed by atoms with van der Waals surface area (Å²) in [4.78, 5) is 24.5. The Morgan fingerprint density at radius 3 is 2.55 bits per heavy atom. The van der Waals surface area contributed by atoms with Crippen LogP contribution in [0.2, 0.25) is 0 Å². The van der Waals surface area contributed by atoms with Crippen molar-refractivity contribution in [3.8, 4) is 0 Å². The number of carbonyl (C=O) groups excluding carboxylic acids is 1. The largest absolute Gasteiger partial charge is 0.480 e.